The van der Waals surface area contributed by atoms with Crippen molar-refractivity contribution in [1.82, 2.24) is 9.80 Å². The van der Waals surface area contributed by atoms with Crippen LogP contribution in [0.2, 0.25) is 0 Å². The lowest BCUT2D eigenvalue weighted by Crippen LogP contribution is -2.53. The number of halogens is 1. The van der Waals surface area contributed by atoms with E-state index < -0.39 is 5.41 Å². The number of piperidine rings is 2. The second kappa shape index (κ2) is 9.39. The maximum absolute atomic E-state index is 13.7. The number of nitrogens with zero attached hydrogens (tertiary/aromatic N) is 2. The van der Waals surface area contributed by atoms with E-state index in [-0.39, 0.29) is 11.8 Å². The summed E-state index contributed by atoms with van der Waals surface area (Å²) in [6, 6.07) is 8.18. The summed E-state index contributed by atoms with van der Waals surface area (Å²) in [6.45, 7) is 6.61. The zero-order chi connectivity index (χ0) is 21.1. The van der Waals surface area contributed by atoms with E-state index >= 15 is 0 Å². The molecule has 6 heteroatoms. The number of likely N-dealkylation sites (tertiary alicyclic amines) is 2. The number of benzene rings is 1. The van der Waals surface area contributed by atoms with Gasteiger partial charge in [0.2, 0.25) is 11.8 Å². The van der Waals surface area contributed by atoms with Gasteiger partial charge in [-0.25, -0.2) is 0 Å². The molecule has 0 saturated carbocycles. The van der Waals surface area contributed by atoms with E-state index in [9.17, 15) is 9.59 Å². The second-order valence-electron chi connectivity index (χ2n) is 9.30. The number of carbonyl (C=O) groups excluding carboxylic acids is 2. The van der Waals surface area contributed by atoms with Gasteiger partial charge in [-0.05, 0) is 62.1 Å². The van der Waals surface area contributed by atoms with Crippen molar-refractivity contribution >= 4 is 27.7 Å². The maximum Gasteiger partial charge on any atom is 0.233 e. The van der Waals surface area contributed by atoms with E-state index in [1.165, 1.54) is 6.42 Å². The first-order valence-corrected chi connectivity index (χ1v) is 12.2. The second-order valence-corrected chi connectivity index (χ2v) is 10.2. The van der Waals surface area contributed by atoms with Gasteiger partial charge in [0.25, 0.3) is 0 Å². The summed E-state index contributed by atoms with van der Waals surface area (Å²) in [5, 5.41) is 0. The van der Waals surface area contributed by atoms with Crippen LogP contribution in [0, 0.1) is 11.8 Å². The zero-order valence-electron chi connectivity index (χ0n) is 17.9. The average molecular weight is 477 g/mol. The fourth-order valence-corrected chi connectivity index (χ4v) is 5.66. The minimum atomic E-state index is -0.502. The molecule has 0 radical (unpaired) electrons. The van der Waals surface area contributed by atoms with E-state index in [0.717, 1.165) is 55.2 Å². The van der Waals surface area contributed by atoms with Crippen LogP contribution < -0.4 is 0 Å². The maximum atomic E-state index is 13.7. The van der Waals surface area contributed by atoms with Gasteiger partial charge in [-0.15, -0.1) is 0 Å². The third kappa shape index (κ3) is 4.45. The van der Waals surface area contributed by atoms with Crippen molar-refractivity contribution in [3.05, 3.63) is 34.3 Å². The Labute approximate surface area is 188 Å². The topological polar surface area (TPSA) is 49.9 Å². The summed E-state index contributed by atoms with van der Waals surface area (Å²) in [5.74, 6) is 1.19. The molecule has 3 aliphatic heterocycles. The van der Waals surface area contributed by atoms with Crippen LogP contribution in [0.5, 0.6) is 0 Å². The summed E-state index contributed by atoms with van der Waals surface area (Å²) < 4.78 is 6.62. The molecule has 0 bridgehead atoms. The minimum Gasteiger partial charge on any atom is -0.381 e. The average Bonchev–Trinajstić information content (AvgIpc) is 2.79. The molecule has 1 aromatic carbocycles. The number of hydrogen-bond donors (Lipinski definition) is 0. The molecule has 4 rings (SSSR count). The van der Waals surface area contributed by atoms with Crippen LogP contribution in [0.4, 0.5) is 0 Å². The molecule has 5 nitrogen and oxygen atoms in total. The van der Waals surface area contributed by atoms with E-state index in [4.69, 9.17) is 4.74 Å². The SMILES string of the molecule is CC1CCCN(C(=O)C2CCN(C(=O)C3(c4ccc(Br)cc4)CCOCC3)CC2)C1. The smallest absolute Gasteiger partial charge is 0.233 e. The van der Waals surface area contributed by atoms with E-state index in [0.29, 0.717) is 38.1 Å². The highest BCUT2D eigenvalue weighted by atomic mass is 79.9. The van der Waals surface area contributed by atoms with Gasteiger partial charge in [-0.3, -0.25) is 9.59 Å². The first kappa shape index (κ1) is 21.8. The Bertz CT molecular complexity index is 752. The molecule has 2 amide bonds. The van der Waals surface area contributed by atoms with Crippen LogP contribution in [0.1, 0.15) is 51.0 Å². The third-order valence-electron chi connectivity index (χ3n) is 7.25. The predicted octanol–water partition coefficient (Wildman–Crippen LogP) is 3.99. The Morgan fingerprint density at radius 2 is 1.67 bits per heavy atom. The van der Waals surface area contributed by atoms with Crippen molar-refractivity contribution in [3.8, 4) is 0 Å². The van der Waals surface area contributed by atoms with Gasteiger partial charge in [-0.1, -0.05) is 35.0 Å². The standard InChI is InChI=1S/C24H33BrN2O3/c1-18-3-2-12-27(17-18)22(28)19-8-13-26(14-9-19)23(29)24(10-15-30-16-11-24)20-4-6-21(25)7-5-20/h4-7,18-19H,2-3,8-17H2,1H3. The van der Waals surface area contributed by atoms with Gasteiger partial charge in [0.1, 0.15) is 0 Å². The van der Waals surface area contributed by atoms with Crippen LogP contribution in [0.25, 0.3) is 0 Å². The summed E-state index contributed by atoms with van der Waals surface area (Å²) in [4.78, 5) is 30.8. The van der Waals surface area contributed by atoms with Crippen molar-refractivity contribution in [2.24, 2.45) is 11.8 Å². The quantitative estimate of drug-likeness (QED) is 0.662. The number of ether oxygens (including phenoxy) is 1. The van der Waals surface area contributed by atoms with Crippen LogP contribution in [-0.2, 0) is 19.7 Å². The van der Waals surface area contributed by atoms with Crippen molar-refractivity contribution < 1.29 is 14.3 Å². The summed E-state index contributed by atoms with van der Waals surface area (Å²) in [7, 11) is 0. The highest BCUT2D eigenvalue weighted by Crippen LogP contribution is 2.38. The van der Waals surface area contributed by atoms with E-state index in [2.05, 4.69) is 39.9 Å². The molecule has 1 unspecified atom stereocenters. The van der Waals surface area contributed by atoms with Gasteiger partial charge in [0, 0.05) is 49.8 Å². The van der Waals surface area contributed by atoms with Crippen LogP contribution >= 0.6 is 15.9 Å². The predicted molar refractivity (Wildman–Crippen MR) is 120 cm³/mol. The van der Waals surface area contributed by atoms with Gasteiger partial charge < -0.3 is 14.5 Å². The van der Waals surface area contributed by atoms with Gasteiger partial charge in [0.15, 0.2) is 0 Å². The molecule has 30 heavy (non-hydrogen) atoms. The lowest BCUT2D eigenvalue weighted by Gasteiger charge is -2.43. The lowest BCUT2D eigenvalue weighted by molar-refractivity contribution is -0.146. The number of rotatable bonds is 3. The molecule has 3 saturated heterocycles. The number of carbonyl (C=O) groups is 2. The molecule has 0 aliphatic carbocycles. The molecule has 3 aliphatic rings. The highest BCUT2D eigenvalue weighted by Gasteiger charge is 2.45. The van der Waals surface area contributed by atoms with Gasteiger partial charge >= 0.3 is 0 Å². The molecule has 3 fully saturated rings. The Hall–Kier alpha value is -1.40. The number of hydrogen-bond acceptors (Lipinski definition) is 3. The fourth-order valence-electron chi connectivity index (χ4n) is 5.39. The lowest BCUT2D eigenvalue weighted by atomic mass is 9.72. The summed E-state index contributed by atoms with van der Waals surface area (Å²) in [5.41, 5.74) is 0.581. The molecule has 0 aromatic heterocycles. The Morgan fingerprint density at radius 1 is 1.00 bits per heavy atom. The molecule has 164 valence electrons. The van der Waals surface area contributed by atoms with E-state index in [1.807, 2.05) is 17.0 Å². The molecular weight excluding hydrogens is 444 g/mol. The van der Waals surface area contributed by atoms with Gasteiger partial charge in [-0.2, -0.15) is 0 Å². The third-order valence-corrected chi connectivity index (χ3v) is 7.78. The molecular formula is C24H33BrN2O3. The normalized spacial score (nSPS) is 25.2. The Kier molecular flexibility index (Phi) is 6.83. The van der Waals surface area contributed by atoms with Crippen molar-refractivity contribution in [1.29, 1.82) is 0 Å². The van der Waals surface area contributed by atoms with Crippen molar-refractivity contribution in [2.45, 2.75) is 50.9 Å². The molecule has 0 spiro atoms. The Morgan fingerprint density at radius 3 is 2.30 bits per heavy atom. The van der Waals surface area contributed by atoms with Crippen molar-refractivity contribution in [2.75, 3.05) is 39.4 Å². The zero-order valence-corrected chi connectivity index (χ0v) is 19.5. The van der Waals surface area contributed by atoms with Crippen LogP contribution in [-0.4, -0.2) is 61.0 Å². The van der Waals surface area contributed by atoms with Crippen LogP contribution in [0.15, 0.2) is 28.7 Å². The fraction of sp³-hybridized carbons (Fsp3) is 0.667. The summed E-state index contributed by atoms with van der Waals surface area (Å²) in [6.07, 6.45) is 5.33. The monoisotopic (exact) mass is 476 g/mol. The van der Waals surface area contributed by atoms with E-state index in [1.54, 1.807) is 0 Å². The molecule has 3 heterocycles. The van der Waals surface area contributed by atoms with Crippen molar-refractivity contribution in [3.63, 3.8) is 0 Å². The van der Waals surface area contributed by atoms with Gasteiger partial charge in [0.05, 0.1) is 5.41 Å². The number of amides is 2. The largest absolute Gasteiger partial charge is 0.381 e. The minimum absolute atomic E-state index is 0.0673. The Balaban J connectivity index is 1.43. The molecule has 1 atom stereocenters. The summed E-state index contributed by atoms with van der Waals surface area (Å²) >= 11 is 3.50. The molecule has 0 N–H and O–H groups in total. The first-order chi connectivity index (χ1) is 14.5. The first-order valence-electron chi connectivity index (χ1n) is 11.4. The highest BCUT2D eigenvalue weighted by molar-refractivity contribution is 9.10. The molecule has 1 aromatic rings. The van der Waals surface area contributed by atoms with Crippen LogP contribution in [0.3, 0.4) is 0 Å².